The molecule has 3 aromatic heterocycles. The predicted molar refractivity (Wildman–Crippen MR) is 99.0 cm³/mol. The molecule has 7 nitrogen and oxygen atoms in total. The summed E-state index contributed by atoms with van der Waals surface area (Å²) in [6.45, 7) is 2.57. The topological polar surface area (TPSA) is 93.3 Å². The summed E-state index contributed by atoms with van der Waals surface area (Å²) in [5.74, 6) is 6.03. The second-order valence-corrected chi connectivity index (χ2v) is 6.88. The molecule has 1 fully saturated rings. The number of nitrogens with zero attached hydrogens (tertiary/aromatic N) is 4. The Kier molecular flexibility index (Phi) is 4.59. The number of rotatable bonds is 2. The summed E-state index contributed by atoms with van der Waals surface area (Å²) in [4.78, 5) is 12.7. The average Bonchev–Trinajstić information content (AvgIpc) is 3.17. The van der Waals surface area contributed by atoms with E-state index in [2.05, 4.69) is 26.8 Å². The fourth-order valence-electron chi connectivity index (χ4n) is 3.44. The van der Waals surface area contributed by atoms with E-state index in [0.717, 1.165) is 0 Å². The van der Waals surface area contributed by atoms with Crippen molar-refractivity contribution in [1.82, 2.24) is 19.5 Å². The second-order valence-electron chi connectivity index (χ2n) is 6.88. The standard InChI is InChI=1S/C20H19FN4O3/c1-12-16-13(6-7-14-5-3-4-8-22-14)9-25(18(16)24-11-23-12)19-20(2,21)17(27)15(10-26)28-19/h3-5,8-9,11,15,17,19,26-27H,10H2,1-2H3/t15-,17-,19-,20-/m1/s1. The molecule has 0 unspecified atom stereocenters. The predicted octanol–water partition coefficient (Wildman–Crippen LogP) is 1.51. The number of aromatic nitrogens is 4. The maximum atomic E-state index is 15.3. The summed E-state index contributed by atoms with van der Waals surface area (Å²) >= 11 is 0. The van der Waals surface area contributed by atoms with E-state index in [0.29, 0.717) is 28.0 Å². The number of aryl methyl sites for hydroxylation is 1. The first-order valence-electron chi connectivity index (χ1n) is 8.82. The number of aliphatic hydroxyl groups is 2. The van der Waals surface area contributed by atoms with E-state index >= 15 is 4.39 Å². The highest BCUT2D eigenvalue weighted by Crippen LogP contribution is 2.43. The summed E-state index contributed by atoms with van der Waals surface area (Å²) in [7, 11) is 0. The van der Waals surface area contributed by atoms with Gasteiger partial charge in [0.2, 0.25) is 0 Å². The van der Waals surface area contributed by atoms with Crippen molar-refractivity contribution in [3.8, 4) is 11.8 Å². The summed E-state index contributed by atoms with van der Waals surface area (Å²) in [5, 5.41) is 20.3. The molecule has 0 radical (unpaired) electrons. The van der Waals surface area contributed by atoms with Gasteiger partial charge in [0.25, 0.3) is 0 Å². The second kappa shape index (κ2) is 6.95. The Labute approximate surface area is 160 Å². The number of pyridine rings is 1. The Bertz CT molecular complexity index is 1070. The van der Waals surface area contributed by atoms with E-state index in [1.165, 1.54) is 17.8 Å². The summed E-state index contributed by atoms with van der Waals surface area (Å²) in [6.07, 6.45) is 1.02. The van der Waals surface area contributed by atoms with Gasteiger partial charge in [-0.1, -0.05) is 12.0 Å². The average molecular weight is 382 g/mol. The molecule has 1 saturated heterocycles. The molecule has 28 heavy (non-hydrogen) atoms. The largest absolute Gasteiger partial charge is 0.394 e. The minimum Gasteiger partial charge on any atom is -0.394 e. The third kappa shape index (κ3) is 2.94. The Morgan fingerprint density at radius 2 is 2.11 bits per heavy atom. The van der Waals surface area contributed by atoms with Gasteiger partial charge in [-0.15, -0.1) is 0 Å². The third-order valence-corrected chi connectivity index (χ3v) is 4.94. The van der Waals surface area contributed by atoms with E-state index < -0.39 is 30.7 Å². The molecule has 1 aliphatic rings. The Balaban J connectivity index is 1.85. The first kappa shape index (κ1) is 18.5. The molecule has 0 spiro atoms. The number of alkyl halides is 1. The molecule has 4 rings (SSSR count). The quantitative estimate of drug-likeness (QED) is 0.653. The van der Waals surface area contributed by atoms with Crippen molar-refractivity contribution >= 4 is 11.0 Å². The Morgan fingerprint density at radius 3 is 2.79 bits per heavy atom. The molecule has 1 aliphatic heterocycles. The highest BCUT2D eigenvalue weighted by molar-refractivity contribution is 5.86. The molecule has 4 heterocycles. The van der Waals surface area contributed by atoms with Gasteiger partial charge in [-0.25, -0.2) is 19.3 Å². The number of aliphatic hydroxyl groups excluding tert-OH is 2. The Hall–Kier alpha value is -2.86. The van der Waals surface area contributed by atoms with Crippen LogP contribution in [0.3, 0.4) is 0 Å². The zero-order chi connectivity index (χ0) is 19.9. The van der Waals surface area contributed by atoms with Crippen LogP contribution in [0.5, 0.6) is 0 Å². The number of hydrogen-bond acceptors (Lipinski definition) is 6. The van der Waals surface area contributed by atoms with Gasteiger partial charge in [0.05, 0.1) is 23.3 Å². The van der Waals surface area contributed by atoms with Crippen molar-refractivity contribution in [2.24, 2.45) is 0 Å². The number of halogens is 1. The minimum absolute atomic E-state index is 0.442. The van der Waals surface area contributed by atoms with Crippen LogP contribution >= 0.6 is 0 Å². The van der Waals surface area contributed by atoms with Crippen LogP contribution in [0.4, 0.5) is 4.39 Å². The molecule has 144 valence electrons. The van der Waals surface area contributed by atoms with Crippen LogP contribution in [0.1, 0.15) is 30.1 Å². The molecule has 2 N–H and O–H groups in total. The highest BCUT2D eigenvalue weighted by Gasteiger charge is 2.55. The molecular weight excluding hydrogens is 363 g/mol. The molecule has 0 aliphatic carbocycles. The van der Waals surface area contributed by atoms with E-state index in [4.69, 9.17) is 4.74 Å². The van der Waals surface area contributed by atoms with E-state index in [1.54, 1.807) is 24.5 Å². The maximum absolute atomic E-state index is 15.3. The summed E-state index contributed by atoms with van der Waals surface area (Å²) in [6, 6.07) is 5.43. The lowest BCUT2D eigenvalue weighted by Gasteiger charge is -2.25. The molecule has 3 aromatic rings. The fourth-order valence-corrected chi connectivity index (χ4v) is 3.44. The zero-order valence-electron chi connectivity index (χ0n) is 15.4. The monoisotopic (exact) mass is 382 g/mol. The lowest BCUT2D eigenvalue weighted by molar-refractivity contribution is -0.0564. The lowest BCUT2D eigenvalue weighted by Crippen LogP contribution is -2.40. The Morgan fingerprint density at radius 1 is 1.29 bits per heavy atom. The molecular formula is C20H19FN4O3. The summed E-state index contributed by atoms with van der Waals surface area (Å²) in [5.41, 5.74) is 0.203. The van der Waals surface area contributed by atoms with Gasteiger partial charge in [-0.3, -0.25) is 0 Å². The van der Waals surface area contributed by atoms with Gasteiger partial charge >= 0.3 is 0 Å². The van der Waals surface area contributed by atoms with Gasteiger partial charge < -0.3 is 19.5 Å². The van der Waals surface area contributed by atoms with Gasteiger partial charge in [0, 0.05) is 12.4 Å². The molecule has 0 aromatic carbocycles. The maximum Gasteiger partial charge on any atom is 0.181 e. The SMILES string of the molecule is Cc1ncnc2c1c(C#Cc1ccccn1)cn2[C@@H]1O[C@H](CO)[C@@H](O)[C@@]1(C)F. The molecule has 8 heteroatoms. The van der Waals surface area contributed by atoms with Crippen molar-refractivity contribution in [3.05, 3.63) is 53.9 Å². The van der Waals surface area contributed by atoms with Crippen LogP contribution < -0.4 is 0 Å². The number of fused-ring (bicyclic) bond motifs is 1. The number of ether oxygens (including phenoxy) is 1. The normalized spacial score (nSPS) is 27.0. The van der Waals surface area contributed by atoms with Crippen LogP contribution in [0.15, 0.2) is 36.9 Å². The first-order valence-corrected chi connectivity index (χ1v) is 8.82. The minimum atomic E-state index is -2.12. The smallest absolute Gasteiger partial charge is 0.181 e. The molecule has 0 amide bonds. The fraction of sp³-hybridized carbons (Fsp3) is 0.350. The van der Waals surface area contributed by atoms with Crippen molar-refractivity contribution in [2.75, 3.05) is 6.61 Å². The van der Waals surface area contributed by atoms with Gasteiger partial charge in [0.15, 0.2) is 11.9 Å². The van der Waals surface area contributed by atoms with Crippen molar-refractivity contribution < 1.29 is 19.3 Å². The van der Waals surface area contributed by atoms with E-state index in [-0.39, 0.29) is 0 Å². The number of hydrogen-bond donors (Lipinski definition) is 2. The van der Waals surface area contributed by atoms with Crippen LogP contribution in [0.2, 0.25) is 0 Å². The van der Waals surface area contributed by atoms with Crippen LogP contribution in [0, 0.1) is 18.8 Å². The molecule has 0 saturated carbocycles. The van der Waals surface area contributed by atoms with Crippen LogP contribution in [-0.4, -0.2) is 54.2 Å². The van der Waals surface area contributed by atoms with Gasteiger partial charge in [-0.2, -0.15) is 0 Å². The van der Waals surface area contributed by atoms with Crippen molar-refractivity contribution in [1.29, 1.82) is 0 Å². The third-order valence-electron chi connectivity index (χ3n) is 4.94. The molecule has 0 bridgehead atoms. The zero-order valence-corrected chi connectivity index (χ0v) is 15.4. The van der Waals surface area contributed by atoms with Gasteiger partial charge in [0.1, 0.15) is 29.9 Å². The lowest BCUT2D eigenvalue weighted by atomic mass is 9.98. The van der Waals surface area contributed by atoms with Gasteiger partial charge in [-0.05, 0) is 31.9 Å². The van der Waals surface area contributed by atoms with E-state index in [1.807, 2.05) is 13.0 Å². The highest BCUT2D eigenvalue weighted by atomic mass is 19.1. The first-order chi connectivity index (χ1) is 13.4. The summed E-state index contributed by atoms with van der Waals surface area (Å²) < 4.78 is 22.4. The molecule has 4 atom stereocenters. The van der Waals surface area contributed by atoms with E-state index in [9.17, 15) is 10.2 Å². The van der Waals surface area contributed by atoms with Crippen molar-refractivity contribution in [2.45, 2.75) is 38.0 Å². The van der Waals surface area contributed by atoms with Crippen LogP contribution in [0.25, 0.3) is 11.0 Å². The van der Waals surface area contributed by atoms with Crippen LogP contribution in [-0.2, 0) is 4.74 Å². The van der Waals surface area contributed by atoms with Crippen molar-refractivity contribution in [3.63, 3.8) is 0 Å².